The number of hydrogen-bond donors (Lipinski definition) is 1. The minimum Gasteiger partial charge on any atom is -0.344 e. The van der Waals surface area contributed by atoms with E-state index < -0.39 is 23.2 Å². The topological polar surface area (TPSA) is 42.0 Å². The van der Waals surface area contributed by atoms with E-state index in [0.717, 1.165) is 12.1 Å². The molecular formula is C13H16ClF3N2O. The molecule has 1 rings (SSSR count). The molecule has 1 amide bonds. The number of aromatic nitrogens is 1. The predicted octanol–water partition coefficient (Wildman–Crippen LogP) is 3.63. The number of hydrogen-bond acceptors (Lipinski definition) is 2. The van der Waals surface area contributed by atoms with E-state index in [1.165, 1.54) is 0 Å². The molecule has 0 radical (unpaired) electrons. The van der Waals surface area contributed by atoms with Gasteiger partial charge in [0.05, 0.1) is 11.1 Å². The molecule has 1 aromatic rings. The molecule has 0 unspecified atom stereocenters. The molecule has 1 N–H and O–H groups in total. The summed E-state index contributed by atoms with van der Waals surface area (Å²) in [6, 6.07) is 1.89. The summed E-state index contributed by atoms with van der Waals surface area (Å²) in [5, 5.41) is 2.74. The molecule has 0 saturated carbocycles. The average molecular weight is 309 g/mol. The fourth-order valence-electron chi connectivity index (χ4n) is 1.65. The Morgan fingerprint density at radius 2 is 1.90 bits per heavy atom. The molecule has 3 nitrogen and oxygen atoms in total. The van der Waals surface area contributed by atoms with E-state index >= 15 is 0 Å². The highest BCUT2D eigenvalue weighted by molar-refractivity contribution is 6.18. The van der Waals surface area contributed by atoms with Crippen molar-refractivity contribution in [2.75, 3.05) is 5.88 Å². The first kappa shape index (κ1) is 16.8. The molecular weight excluding hydrogens is 293 g/mol. The Bertz CT molecular complexity index is 447. The number of pyridine rings is 1. The zero-order chi connectivity index (χ0) is 15.4. The van der Waals surface area contributed by atoms with Gasteiger partial charge in [-0.2, -0.15) is 13.2 Å². The second-order valence-corrected chi connectivity index (χ2v) is 4.77. The van der Waals surface area contributed by atoms with Gasteiger partial charge in [0, 0.05) is 12.1 Å². The maximum Gasteiger partial charge on any atom is 0.417 e. The van der Waals surface area contributed by atoms with E-state index in [1.807, 2.05) is 13.8 Å². The fourth-order valence-corrected chi connectivity index (χ4v) is 2.09. The maximum absolute atomic E-state index is 12.4. The molecule has 20 heavy (non-hydrogen) atoms. The van der Waals surface area contributed by atoms with Gasteiger partial charge in [0.1, 0.15) is 5.69 Å². The number of carbonyl (C=O) groups excluding carboxylic acids is 1. The van der Waals surface area contributed by atoms with Crippen molar-refractivity contribution in [2.45, 2.75) is 38.4 Å². The lowest BCUT2D eigenvalue weighted by molar-refractivity contribution is -0.137. The number of nitrogens with one attached hydrogen (secondary N) is 1. The lowest BCUT2D eigenvalue weighted by atomic mass is 9.95. The zero-order valence-corrected chi connectivity index (χ0v) is 12.0. The van der Waals surface area contributed by atoms with Crippen LogP contribution in [0.5, 0.6) is 0 Å². The number of nitrogens with zero attached hydrogens (tertiary/aromatic N) is 1. The van der Waals surface area contributed by atoms with Crippen molar-refractivity contribution in [2.24, 2.45) is 0 Å². The van der Waals surface area contributed by atoms with Gasteiger partial charge in [-0.05, 0) is 25.0 Å². The van der Waals surface area contributed by atoms with Crippen molar-refractivity contribution in [3.05, 3.63) is 29.6 Å². The average Bonchev–Trinajstić information content (AvgIpc) is 2.44. The molecule has 0 atom stereocenters. The van der Waals surface area contributed by atoms with Crippen molar-refractivity contribution in [1.82, 2.24) is 10.3 Å². The second kappa shape index (κ2) is 6.43. The molecule has 0 bridgehead atoms. The number of halogens is 4. The molecule has 0 fully saturated rings. The number of carbonyl (C=O) groups is 1. The van der Waals surface area contributed by atoms with Crippen molar-refractivity contribution in [3.63, 3.8) is 0 Å². The molecule has 0 aliphatic heterocycles. The summed E-state index contributed by atoms with van der Waals surface area (Å²) < 4.78 is 37.2. The zero-order valence-electron chi connectivity index (χ0n) is 11.2. The van der Waals surface area contributed by atoms with Crippen LogP contribution in [0.2, 0.25) is 0 Å². The van der Waals surface area contributed by atoms with Crippen LogP contribution in [0.15, 0.2) is 18.3 Å². The van der Waals surface area contributed by atoms with Crippen LogP contribution in [0, 0.1) is 0 Å². The maximum atomic E-state index is 12.4. The lowest BCUT2D eigenvalue weighted by Gasteiger charge is -2.30. The third-order valence-corrected chi connectivity index (χ3v) is 3.82. The smallest absolute Gasteiger partial charge is 0.344 e. The monoisotopic (exact) mass is 308 g/mol. The first-order valence-electron chi connectivity index (χ1n) is 6.19. The summed E-state index contributed by atoms with van der Waals surface area (Å²) in [5.74, 6) is -0.296. The highest BCUT2D eigenvalue weighted by Crippen LogP contribution is 2.28. The summed E-state index contributed by atoms with van der Waals surface area (Å²) in [5.41, 5.74) is -1.51. The van der Waals surface area contributed by atoms with Crippen LogP contribution in [0.4, 0.5) is 13.2 Å². The van der Waals surface area contributed by atoms with Crippen LogP contribution < -0.4 is 5.32 Å². The van der Waals surface area contributed by atoms with Gasteiger partial charge in [-0.3, -0.25) is 9.78 Å². The molecule has 1 aromatic heterocycles. The Morgan fingerprint density at radius 1 is 1.30 bits per heavy atom. The SMILES string of the molecule is CCC(CC)(CCl)NC(=O)c1ccc(C(F)(F)F)cn1. The predicted molar refractivity (Wildman–Crippen MR) is 70.7 cm³/mol. The molecule has 0 aliphatic rings. The Morgan fingerprint density at radius 3 is 2.25 bits per heavy atom. The standard InChI is InChI=1S/C13H16ClF3N2O/c1-3-12(4-2,8-14)19-11(20)10-6-5-9(7-18-10)13(15,16)17/h5-7H,3-4,8H2,1-2H3,(H,19,20). The second-order valence-electron chi connectivity index (χ2n) is 4.51. The lowest BCUT2D eigenvalue weighted by Crippen LogP contribution is -2.49. The normalized spacial score (nSPS) is 12.3. The van der Waals surface area contributed by atoms with Crippen LogP contribution in [0.25, 0.3) is 0 Å². The van der Waals surface area contributed by atoms with Gasteiger partial charge in [-0.25, -0.2) is 0 Å². The van der Waals surface area contributed by atoms with Gasteiger partial charge in [0.25, 0.3) is 5.91 Å². The molecule has 0 aliphatic carbocycles. The highest BCUT2D eigenvalue weighted by Gasteiger charge is 2.32. The number of alkyl halides is 4. The van der Waals surface area contributed by atoms with Gasteiger partial charge >= 0.3 is 6.18 Å². The van der Waals surface area contributed by atoms with Crippen molar-refractivity contribution < 1.29 is 18.0 Å². The number of rotatable bonds is 5. The first-order valence-corrected chi connectivity index (χ1v) is 6.73. The highest BCUT2D eigenvalue weighted by atomic mass is 35.5. The summed E-state index contributed by atoms with van der Waals surface area (Å²) in [7, 11) is 0. The van der Waals surface area contributed by atoms with Crippen LogP contribution in [-0.2, 0) is 6.18 Å². The summed E-state index contributed by atoms with van der Waals surface area (Å²) in [4.78, 5) is 15.5. The Hall–Kier alpha value is -1.30. The molecule has 7 heteroatoms. The molecule has 0 saturated heterocycles. The van der Waals surface area contributed by atoms with Crippen molar-refractivity contribution in [1.29, 1.82) is 0 Å². The van der Waals surface area contributed by atoms with Crippen LogP contribution >= 0.6 is 11.6 Å². The first-order chi connectivity index (χ1) is 9.28. The van der Waals surface area contributed by atoms with E-state index in [1.54, 1.807) is 0 Å². The summed E-state index contributed by atoms with van der Waals surface area (Å²) in [6.07, 6.45) is -2.57. The minimum atomic E-state index is -4.46. The fraction of sp³-hybridized carbons (Fsp3) is 0.538. The Labute approximate surface area is 120 Å². The Balaban J connectivity index is 2.88. The van der Waals surface area contributed by atoms with Gasteiger partial charge in [0.15, 0.2) is 0 Å². The quantitative estimate of drug-likeness (QED) is 0.844. The molecule has 112 valence electrons. The largest absolute Gasteiger partial charge is 0.417 e. The number of amides is 1. The molecule has 0 spiro atoms. The van der Waals surface area contributed by atoms with E-state index in [-0.39, 0.29) is 11.6 Å². The van der Waals surface area contributed by atoms with Gasteiger partial charge < -0.3 is 5.32 Å². The third kappa shape index (κ3) is 3.85. The molecule has 0 aromatic carbocycles. The third-order valence-electron chi connectivity index (χ3n) is 3.31. The van der Waals surface area contributed by atoms with E-state index in [9.17, 15) is 18.0 Å². The van der Waals surface area contributed by atoms with Crippen LogP contribution in [-0.4, -0.2) is 22.3 Å². The summed E-state index contributed by atoms with van der Waals surface area (Å²) >= 11 is 5.86. The van der Waals surface area contributed by atoms with E-state index in [0.29, 0.717) is 19.0 Å². The van der Waals surface area contributed by atoms with Gasteiger partial charge in [0.2, 0.25) is 0 Å². The van der Waals surface area contributed by atoms with Crippen molar-refractivity contribution >= 4 is 17.5 Å². The van der Waals surface area contributed by atoms with Crippen LogP contribution in [0.3, 0.4) is 0 Å². The van der Waals surface area contributed by atoms with Crippen LogP contribution in [0.1, 0.15) is 42.7 Å². The van der Waals surface area contributed by atoms with E-state index in [2.05, 4.69) is 10.3 Å². The van der Waals surface area contributed by atoms with Crippen molar-refractivity contribution in [3.8, 4) is 0 Å². The minimum absolute atomic E-state index is 0.0607. The van der Waals surface area contributed by atoms with E-state index in [4.69, 9.17) is 11.6 Å². The van der Waals surface area contributed by atoms with Gasteiger partial charge in [-0.15, -0.1) is 11.6 Å². The molecule has 1 heterocycles. The Kier molecular flexibility index (Phi) is 5.39. The summed E-state index contributed by atoms with van der Waals surface area (Å²) in [6.45, 7) is 3.76. The van der Waals surface area contributed by atoms with Gasteiger partial charge in [-0.1, -0.05) is 13.8 Å².